The molecule has 1 aromatic heterocycles. The van der Waals surface area contributed by atoms with Crippen LogP contribution >= 0.6 is 0 Å². The lowest BCUT2D eigenvalue weighted by molar-refractivity contribution is 0.579. The molecule has 0 aliphatic heterocycles. The van der Waals surface area contributed by atoms with E-state index in [9.17, 15) is 13.2 Å². The van der Waals surface area contributed by atoms with Crippen LogP contribution in [0.4, 0.5) is 30.5 Å². The molecule has 2 rings (SSSR count). The number of aryl methyl sites for hydroxylation is 1. The molecule has 0 atom stereocenters. The summed E-state index contributed by atoms with van der Waals surface area (Å²) in [5.74, 6) is -2.58. The van der Waals surface area contributed by atoms with Gasteiger partial charge in [0.25, 0.3) is 0 Å². The summed E-state index contributed by atoms with van der Waals surface area (Å²) < 4.78 is 40.5. The van der Waals surface area contributed by atoms with Gasteiger partial charge in [0.15, 0.2) is 23.3 Å². The number of aromatic nitrogens is 1. The Morgan fingerprint density at radius 2 is 1.68 bits per heavy atom. The average Bonchev–Trinajstić information content (AvgIpc) is 2.36. The molecule has 1 aromatic carbocycles. The lowest BCUT2D eigenvalue weighted by Crippen LogP contribution is -2.05. The maximum atomic E-state index is 13.6. The van der Waals surface area contributed by atoms with Gasteiger partial charge in [0.2, 0.25) is 0 Å². The van der Waals surface area contributed by atoms with Crippen LogP contribution in [0, 0.1) is 24.4 Å². The van der Waals surface area contributed by atoms with E-state index in [1.165, 1.54) is 13.1 Å². The number of hydrogen-bond donors (Lipinski definition) is 2. The Morgan fingerprint density at radius 1 is 1.00 bits per heavy atom. The molecule has 6 heteroatoms. The van der Waals surface area contributed by atoms with E-state index in [2.05, 4.69) is 15.6 Å². The number of nitrogens with zero attached hydrogens (tertiary/aromatic N) is 1. The number of pyridine rings is 1. The van der Waals surface area contributed by atoms with Crippen LogP contribution in [0.15, 0.2) is 24.3 Å². The number of para-hydroxylation sites is 1. The molecule has 0 spiro atoms. The van der Waals surface area contributed by atoms with Crippen LogP contribution in [0.2, 0.25) is 0 Å². The van der Waals surface area contributed by atoms with Crippen molar-refractivity contribution in [3.63, 3.8) is 0 Å². The molecule has 0 aliphatic carbocycles. The molecule has 3 nitrogen and oxygen atoms in total. The molecule has 0 radical (unpaired) electrons. The summed E-state index contributed by atoms with van der Waals surface area (Å²) in [5.41, 5.74) is 0.707. The normalized spacial score (nSPS) is 10.4. The van der Waals surface area contributed by atoms with Crippen LogP contribution in [-0.4, -0.2) is 12.0 Å². The Morgan fingerprint density at radius 3 is 2.32 bits per heavy atom. The van der Waals surface area contributed by atoms with Crippen molar-refractivity contribution >= 4 is 17.3 Å². The Labute approximate surface area is 108 Å². The summed E-state index contributed by atoms with van der Waals surface area (Å²) in [6.45, 7) is 1.67. The number of nitrogens with one attached hydrogen (secondary N) is 2. The van der Waals surface area contributed by atoms with Gasteiger partial charge in [-0.2, -0.15) is 0 Å². The summed E-state index contributed by atoms with van der Waals surface area (Å²) in [5, 5.41) is 5.03. The van der Waals surface area contributed by atoms with Crippen molar-refractivity contribution in [1.82, 2.24) is 4.98 Å². The maximum Gasteiger partial charge on any atom is 0.169 e. The average molecular weight is 267 g/mol. The predicted molar refractivity (Wildman–Crippen MR) is 68.1 cm³/mol. The van der Waals surface area contributed by atoms with Crippen LogP contribution < -0.4 is 10.6 Å². The molecule has 0 unspecified atom stereocenters. The quantitative estimate of drug-likeness (QED) is 0.892. The van der Waals surface area contributed by atoms with Crippen molar-refractivity contribution in [2.24, 2.45) is 0 Å². The SMILES string of the molecule is CNc1nc(Nc2c(C)cccc2F)c(F)cc1F. The summed E-state index contributed by atoms with van der Waals surface area (Å²) >= 11 is 0. The Kier molecular flexibility index (Phi) is 3.59. The van der Waals surface area contributed by atoms with Gasteiger partial charge in [-0.05, 0) is 18.6 Å². The predicted octanol–water partition coefficient (Wildman–Crippen LogP) is 3.59. The van der Waals surface area contributed by atoms with Crippen molar-refractivity contribution in [2.75, 3.05) is 17.7 Å². The molecule has 100 valence electrons. The minimum Gasteiger partial charge on any atom is -0.371 e. The number of anilines is 3. The molecule has 0 amide bonds. The highest BCUT2D eigenvalue weighted by Crippen LogP contribution is 2.26. The van der Waals surface area contributed by atoms with E-state index in [0.717, 1.165) is 0 Å². The monoisotopic (exact) mass is 267 g/mol. The third-order valence-corrected chi connectivity index (χ3v) is 2.63. The van der Waals surface area contributed by atoms with Gasteiger partial charge in [0, 0.05) is 13.1 Å². The van der Waals surface area contributed by atoms with E-state index in [4.69, 9.17) is 0 Å². The maximum absolute atomic E-state index is 13.6. The molecule has 0 bridgehead atoms. The smallest absolute Gasteiger partial charge is 0.169 e. The second-order valence-electron chi connectivity index (χ2n) is 3.96. The second-order valence-corrected chi connectivity index (χ2v) is 3.96. The van der Waals surface area contributed by atoms with Gasteiger partial charge in [0.05, 0.1) is 5.69 Å². The van der Waals surface area contributed by atoms with E-state index in [-0.39, 0.29) is 17.3 Å². The third-order valence-electron chi connectivity index (χ3n) is 2.63. The Balaban J connectivity index is 2.44. The highest BCUT2D eigenvalue weighted by Gasteiger charge is 2.13. The molecule has 0 aliphatic rings. The molecule has 0 saturated carbocycles. The number of hydrogen-bond acceptors (Lipinski definition) is 3. The molecule has 1 heterocycles. The van der Waals surface area contributed by atoms with Gasteiger partial charge < -0.3 is 10.6 Å². The van der Waals surface area contributed by atoms with Crippen LogP contribution in [-0.2, 0) is 0 Å². The van der Waals surface area contributed by atoms with Gasteiger partial charge in [-0.25, -0.2) is 18.2 Å². The van der Waals surface area contributed by atoms with Crippen molar-refractivity contribution in [3.8, 4) is 0 Å². The fourth-order valence-corrected chi connectivity index (χ4v) is 1.64. The highest BCUT2D eigenvalue weighted by atomic mass is 19.1. The van der Waals surface area contributed by atoms with Crippen LogP contribution in [0.25, 0.3) is 0 Å². The van der Waals surface area contributed by atoms with E-state index >= 15 is 0 Å². The summed E-state index contributed by atoms with van der Waals surface area (Å²) in [4.78, 5) is 3.73. The van der Waals surface area contributed by atoms with E-state index in [0.29, 0.717) is 11.6 Å². The zero-order chi connectivity index (χ0) is 14.0. The standard InChI is InChI=1S/C13H12F3N3/c1-7-4-3-5-8(14)11(7)18-13-10(16)6-9(15)12(17-2)19-13/h3-6H,1-2H3,(H2,17,18,19). The van der Waals surface area contributed by atoms with E-state index in [1.807, 2.05) is 0 Å². The fraction of sp³-hybridized carbons (Fsp3) is 0.154. The lowest BCUT2D eigenvalue weighted by atomic mass is 10.2. The first-order valence-electron chi connectivity index (χ1n) is 5.59. The van der Waals surface area contributed by atoms with E-state index in [1.54, 1.807) is 19.1 Å². The first kappa shape index (κ1) is 13.2. The van der Waals surface area contributed by atoms with Gasteiger partial charge >= 0.3 is 0 Å². The van der Waals surface area contributed by atoms with Gasteiger partial charge in [-0.1, -0.05) is 12.1 Å². The zero-order valence-electron chi connectivity index (χ0n) is 10.4. The van der Waals surface area contributed by atoms with Crippen LogP contribution in [0.5, 0.6) is 0 Å². The Hall–Kier alpha value is -2.24. The number of halogens is 3. The zero-order valence-corrected chi connectivity index (χ0v) is 10.4. The summed E-state index contributed by atoms with van der Waals surface area (Å²) in [6, 6.07) is 5.15. The largest absolute Gasteiger partial charge is 0.371 e. The van der Waals surface area contributed by atoms with Gasteiger partial charge in [-0.3, -0.25) is 0 Å². The minimum absolute atomic E-state index is 0.113. The molecular formula is C13H12F3N3. The fourth-order valence-electron chi connectivity index (χ4n) is 1.64. The first-order valence-corrected chi connectivity index (χ1v) is 5.59. The van der Waals surface area contributed by atoms with Crippen molar-refractivity contribution in [3.05, 3.63) is 47.3 Å². The molecule has 2 N–H and O–H groups in total. The molecular weight excluding hydrogens is 255 g/mol. The van der Waals surface area contributed by atoms with Gasteiger partial charge in [0.1, 0.15) is 5.82 Å². The van der Waals surface area contributed by atoms with Crippen LogP contribution in [0.3, 0.4) is 0 Å². The molecule has 2 aromatic rings. The first-order chi connectivity index (χ1) is 9.02. The lowest BCUT2D eigenvalue weighted by Gasteiger charge is -2.12. The third kappa shape index (κ3) is 2.62. The van der Waals surface area contributed by atoms with Crippen LogP contribution in [0.1, 0.15) is 5.56 Å². The van der Waals surface area contributed by atoms with Crippen molar-refractivity contribution < 1.29 is 13.2 Å². The minimum atomic E-state index is -0.890. The molecule has 19 heavy (non-hydrogen) atoms. The van der Waals surface area contributed by atoms with Crippen molar-refractivity contribution in [1.29, 1.82) is 0 Å². The Bertz CT molecular complexity index is 594. The summed E-state index contributed by atoms with van der Waals surface area (Å²) in [7, 11) is 1.46. The molecule has 0 fully saturated rings. The van der Waals surface area contributed by atoms with Crippen molar-refractivity contribution in [2.45, 2.75) is 6.92 Å². The van der Waals surface area contributed by atoms with Gasteiger partial charge in [-0.15, -0.1) is 0 Å². The number of benzene rings is 1. The topological polar surface area (TPSA) is 37.0 Å². The summed E-state index contributed by atoms with van der Waals surface area (Å²) in [6.07, 6.45) is 0. The number of rotatable bonds is 3. The highest BCUT2D eigenvalue weighted by molar-refractivity contribution is 5.62. The molecule has 0 saturated heterocycles. The van der Waals surface area contributed by atoms with E-state index < -0.39 is 17.5 Å². The second kappa shape index (κ2) is 5.17.